The van der Waals surface area contributed by atoms with Crippen LogP contribution >= 0.6 is 11.3 Å². The quantitative estimate of drug-likeness (QED) is 0.423. The molecular formula is C15H18F3N5S. The van der Waals surface area contributed by atoms with Crippen molar-refractivity contribution < 1.29 is 13.2 Å². The summed E-state index contributed by atoms with van der Waals surface area (Å²) in [6.45, 7) is 1.31. The number of thiophene rings is 1. The Morgan fingerprint density at radius 2 is 2.08 bits per heavy atom. The van der Waals surface area contributed by atoms with Gasteiger partial charge in [-0.25, -0.2) is 4.98 Å². The maximum Gasteiger partial charge on any atom is 0.419 e. The van der Waals surface area contributed by atoms with Crippen LogP contribution in [0.2, 0.25) is 0 Å². The van der Waals surface area contributed by atoms with Gasteiger partial charge in [-0.15, -0.1) is 0 Å². The molecule has 0 aliphatic carbocycles. The first kappa shape index (κ1) is 18.1. The molecule has 0 atom stereocenters. The molecule has 9 heteroatoms. The van der Waals surface area contributed by atoms with E-state index in [2.05, 4.69) is 25.9 Å². The van der Waals surface area contributed by atoms with Crippen molar-refractivity contribution >= 4 is 23.1 Å². The summed E-state index contributed by atoms with van der Waals surface area (Å²) >= 11 is 1.61. The van der Waals surface area contributed by atoms with Crippen LogP contribution in [0.1, 0.15) is 11.1 Å². The number of aromatic nitrogens is 1. The molecule has 0 aliphatic rings. The van der Waals surface area contributed by atoms with Gasteiger partial charge in [0.25, 0.3) is 0 Å². The van der Waals surface area contributed by atoms with E-state index in [1.807, 2.05) is 16.8 Å². The predicted octanol–water partition coefficient (Wildman–Crippen LogP) is 2.94. The van der Waals surface area contributed by atoms with Crippen LogP contribution in [0.5, 0.6) is 0 Å². The zero-order valence-corrected chi connectivity index (χ0v) is 13.8. The summed E-state index contributed by atoms with van der Waals surface area (Å²) < 4.78 is 38.6. The van der Waals surface area contributed by atoms with Gasteiger partial charge >= 0.3 is 6.18 Å². The number of nitrogens with one attached hydrogen (secondary N) is 3. The molecular weight excluding hydrogens is 339 g/mol. The minimum atomic E-state index is -4.43. The minimum Gasteiger partial charge on any atom is -0.368 e. The summed E-state index contributed by atoms with van der Waals surface area (Å²) in [5.74, 6) is 0.410. The third-order valence-electron chi connectivity index (χ3n) is 3.09. The van der Waals surface area contributed by atoms with Crippen molar-refractivity contribution in [2.75, 3.05) is 25.5 Å². The van der Waals surface area contributed by atoms with Crippen molar-refractivity contribution in [1.82, 2.24) is 15.6 Å². The number of nitrogens with zero attached hydrogens (tertiary/aromatic N) is 2. The van der Waals surface area contributed by atoms with Gasteiger partial charge in [-0.3, -0.25) is 4.99 Å². The molecule has 24 heavy (non-hydrogen) atoms. The Morgan fingerprint density at radius 1 is 1.25 bits per heavy atom. The minimum absolute atomic E-state index is 0.173. The van der Waals surface area contributed by atoms with Gasteiger partial charge in [0.2, 0.25) is 0 Å². The molecule has 2 heterocycles. The number of pyridine rings is 1. The fraction of sp³-hybridized carbons (Fsp3) is 0.333. The lowest BCUT2D eigenvalue weighted by atomic mass is 10.2. The summed E-state index contributed by atoms with van der Waals surface area (Å²) in [4.78, 5) is 7.81. The summed E-state index contributed by atoms with van der Waals surface area (Å²) in [5.41, 5.74) is 0.370. The molecule has 0 unspecified atom stereocenters. The van der Waals surface area contributed by atoms with Crippen LogP contribution in [0.25, 0.3) is 0 Å². The highest BCUT2D eigenvalue weighted by molar-refractivity contribution is 7.07. The average Bonchev–Trinajstić information content (AvgIpc) is 3.07. The lowest BCUT2D eigenvalue weighted by Crippen LogP contribution is -2.39. The van der Waals surface area contributed by atoms with Crippen LogP contribution in [0.4, 0.5) is 19.0 Å². The van der Waals surface area contributed by atoms with E-state index in [4.69, 9.17) is 0 Å². The Morgan fingerprint density at radius 3 is 2.75 bits per heavy atom. The number of hydrogen-bond donors (Lipinski definition) is 3. The second kappa shape index (κ2) is 8.53. The number of anilines is 1. The van der Waals surface area contributed by atoms with Crippen molar-refractivity contribution in [1.29, 1.82) is 0 Å². The smallest absolute Gasteiger partial charge is 0.368 e. The molecule has 0 amide bonds. The molecule has 5 nitrogen and oxygen atoms in total. The SMILES string of the molecule is CN=C(NCCNc1ncccc1C(F)(F)F)NCc1ccsc1. The lowest BCUT2D eigenvalue weighted by Gasteiger charge is -2.14. The van der Waals surface area contributed by atoms with E-state index in [1.165, 1.54) is 12.3 Å². The van der Waals surface area contributed by atoms with E-state index in [1.54, 1.807) is 18.4 Å². The Bertz CT molecular complexity index is 655. The molecule has 3 N–H and O–H groups in total. The van der Waals surface area contributed by atoms with Crippen LogP contribution in [0.3, 0.4) is 0 Å². The Balaban J connectivity index is 1.78. The second-order valence-electron chi connectivity index (χ2n) is 4.81. The molecule has 2 aromatic rings. The van der Waals surface area contributed by atoms with Gasteiger partial charge in [-0.1, -0.05) is 0 Å². The van der Waals surface area contributed by atoms with Gasteiger partial charge < -0.3 is 16.0 Å². The van der Waals surface area contributed by atoms with Gasteiger partial charge in [0.05, 0.1) is 5.56 Å². The van der Waals surface area contributed by atoms with Crippen molar-refractivity contribution in [3.63, 3.8) is 0 Å². The third-order valence-corrected chi connectivity index (χ3v) is 3.82. The Labute approximate surface area is 142 Å². The van der Waals surface area contributed by atoms with Crippen molar-refractivity contribution in [2.45, 2.75) is 12.7 Å². The van der Waals surface area contributed by atoms with E-state index in [-0.39, 0.29) is 12.4 Å². The molecule has 0 radical (unpaired) electrons. The molecule has 2 rings (SSSR count). The molecule has 0 spiro atoms. The molecule has 0 fully saturated rings. The molecule has 0 aliphatic heterocycles. The molecule has 130 valence electrons. The number of hydrogen-bond acceptors (Lipinski definition) is 4. The molecule has 0 saturated heterocycles. The van der Waals surface area contributed by atoms with Crippen LogP contribution < -0.4 is 16.0 Å². The normalized spacial score (nSPS) is 12.1. The fourth-order valence-electron chi connectivity index (χ4n) is 1.94. The first-order valence-corrected chi connectivity index (χ1v) is 8.16. The predicted molar refractivity (Wildman–Crippen MR) is 90.2 cm³/mol. The summed E-state index contributed by atoms with van der Waals surface area (Å²) in [7, 11) is 1.64. The highest BCUT2D eigenvalue weighted by Crippen LogP contribution is 2.33. The van der Waals surface area contributed by atoms with E-state index >= 15 is 0 Å². The molecule has 0 aromatic carbocycles. The zero-order chi connectivity index (χ0) is 17.4. The highest BCUT2D eigenvalue weighted by Gasteiger charge is 2.33. The zero-order valence-electron chi connectivity index (χ0n) is 13.0. The first-order valence-electron chi connectivity index (χ1n) is 7.22. The van der Waals surface area contributed by atoms with E-state index in [0.717, 1.165) is 11.6 Å². The average molecular weight is 357 g/mol. The molecule has 0 saturated carbocycles. The number of rotatable bonds is 6. The summed E-state index contributed by atoms with van der Waals surface area (Å²) in [6.07, 6.45) is -3.10. The fourth-order valence-corrected chi connectivity index (χ4v) is 2.60. The maximum atomic E-state index is 12.9. The van der Waals surface area contributed by atoms with Crippen LogP contribution in [0, 0.1) is 0 Å². The van der Waals surface area contributed by atoms with E-state index < -0.39 is 11.7 Å². The van der Waals surface area contributed by atoms with Gasteiger partial charge in [-0.2, -0.15) is 24.5 Å². The van der Waals surface area contributed by atoms with Crippen LogP contribution in [-0.4, -0.2) is 31.1 Å². The van der Waals surface area contributed by atoms with E-state index in [0.29, 0.717) is 19.0 Å². The molecule has 0 bridgehead atoms. The highest BCUT2D eigenvalue weighted by atomic mass is 32.1. The Kier molecular flexibility index (Phi) is 6.42. The van der Waals surface area contributed by atoms with Gasteiger partial charge in [0, 0.05) is 32.9 Å². The topological polar surface area (TPSA) is 61.3 Å². The largest absolute Gasteiger partial charge is 0.419 e. The maximum absolute atomic E-state index is 12.9. The number of aliphatic imine (C=N–C) groups is 1. The standard InChI is InChI=1S/C15H18F3N5S/c1-19-14(23-9-11-4-8-24-10-11)22-7-6-21-13-12(15(16,17)18)3-2-5-20-13/h2-5,8,10H,6-7,9H2,1H3,(H,20,21)(H2,19,22,23). The monoisotopic (exact) mass is 357 g/mol. The lowest BCUT2D eigenvalue weighted by molar-refractivity contribution is -0.137. The van der Waals surface area contributed by atoms with Crippen molar-refractivity contribution in [3.05, 3.63) is 46.3 Å². The third kappa shape index (κ3) is 5.41. The van der Waals surface area contributed by atoms with Crippen molar-refractivity contribution in [3.8, 4) is 0 Å². The summed E-state index contributed by atoms with van der Waals surface area (Å²) in [5, 5.41) is 12.9. The second-order valence-corrected chi connectivity index (χ2v) is 5.59. The van der Waals surface area contributed by atoms with Crippen LogP contribution in [0.15, 0.2) is 40.1 Å². The van der Waals surface area contributed by atoms with Gasteiger partial charge in [-0.05, 0) is 34.5 Å². The molecule has 2 aromatic heterocycles. The number of guanidine groups is 1. The number of halogens is 3. The van der Waals surface area contributed by atoms with Crippen molar-refractivity contribution in [2.24, 2.45) is 4.99 Å². The number of alkyl halides is 3. The van der Waals surface area contributed by atoms with Gasteiger partial charge in [0.1, 0.15) is 5.82 Å². The van der Waals surface area contributed by atoms with Crippen LogP contribution in [-0.2, 0) is 12.7 Å². The first-order chi connectivity index (χ1) is 11.5. The Hall–Kier alpha value is -2.29. The van der Waals surface area contributed by atoms with E-state index in [9.17, 15) is 13.2 Å². The summed E-state index contributed by atoms with van der Waals surface area (Å²) in [6, 6.07) is 4.28. The van der Waals surface area contributed by atoms with Gasteiger partial charge in [0.15, 0.2) is 5.96 Å².